The first-order valence-electron chi connectivity index (χ1n) is 7.61. The largest absolute Gasteiger partial charge is 0.322 e. The van der Waals surface area contributed by atoms with Crippen LogP contribution in [0.1, 0.15) is 24.2 Å². The molecular weight excluding hydrogens is 326 g/mol. The minimum absolute atomic E-state index is 0.135. The molecule has 0 radical (unpaired) electrons. The van der Waals surface area contributed by atoms with E-state index in [9.17, 15) is 4.79 Å². The molecule has 1 amide bonds. The fourth-order valence-electron chi connectivity index (χ4n) is 2.31. The highest BCUT2D eigenvalue weighted by Crippen LogP contribution is 2.14. The third kappa shape index (κ3) is 3.83. The molecule has 24 heavy (non-hydrogen) atoms. The van der Waals surface area contributed by atoms with Crippen molar-refractivity contribution < 1.29 is 4.79 Å². The maximum atomic E-state index is 12.3. The van der Waals surface area contributed by atoms with Gasteiger partial charge in [-0.05, 0) is 37.6 Å². The van der Waals surface area contributed by atoms with Crippen molar-refractivity contribution >= 4 is 23.2 Å². The number of rotatable bonds is 5. The molecule has 2 heterocycles. The molecule has 7 heteroatoms. The third-order valence-corrected chi connectivity index (χ3v) is 3.93. The number of halogens is 1. The molecule has 3 rings (SSSR count). The number of nitrogens with zero attached hydrogens (tertiary/aromatic N) is 4. The van der Waals surface area contributed by atoms with Gasteiger partial charge in [-0.3, -0.25) is 14.2 Å². The molecule has 0 aliphatic rings. The van der Waals surface area contributed by atoms with Crippen molar-refractivity contribution in [3.8, 4) is 0 Å². The highest BCUT2D eigenvalue weighted by atomic mass is 35.5. The number of benzene rings is 1. The van der Waals surface area contributed by atoms with Crippen LogP contribution >= 0.6 is 11.6 Å². The Balaban J connectivity index is 1.63. The van der Waals surface area contributed by atoms with Gasteiger partial charge in [0.15, 0.2) is 0 Å². The first-order valence-corrected chi connectivity index (χ1v) is 7.98. The molecule has 0 aliphatic carbocycles. The van der Waals surface area contributed by atoms with Crippen LogP contribution in [0.4, 0.5) is 5.69 Å². The summed E-state index contributed by atoms with van der Waals surface area (Å²) >= 11 is 5.88. The van der Waals surface area contributed by atoms with E-state index < -0.39 is 6.04 Å². The molecule has 3 aromatic rings. The Morgan fingerprint density at radius 1 is 1.29 bits per heavy atom. The van der Waals surface area contributed by atoms with E-state index in [2.05, 4.69) is 15.5 Å². The number of carbonyl (C=O) groups is 1. The van der Waals surface area contributed by atoms with Crippen molar-refractivity contribution in [2.45, 2.75) is 26.4 Å². The van der Waals surface area contributed by atoms with Crippen molar-refractivity contribution in [2.24, 2.45) is 0 Å². The predicted molar refractivity (Wildman–Crippen MR) is 93.1 cm³/mol. The standard InChI is InChI=1S/C17H18ClN5O/c1-12-7-8-23(21-12)13(2)17(24)20-16-9-19-22(11-16)10-14-3-5-15(18)6-4-14/h3-9,11,13H,10H2,1-2H3,(H,20,24). The number of aromatic nitrogens is 4. The summed E-state index contributed by atoms with van der Waals surface area (Å²) in [6.07, 6.45) is 5.23. The third-order valence-electron chi connectivity index (χ3n) is 3.68. The Labute approximate surface area is 145 Å². The molecule has 0 saturated carbocycles. The summed E-state index contributed by atoms with van der Waals surface area (Å²) in [5, 5.41) is 12.1. The number of hydrogen-bond acceptors (Lipinski definition) is 3. The molecule has 0 bridgehead atoms. The Bertz CT molecular complexity index is 837. The highest BCUT2D eigenvalue weighted by molar-refractivity contribution is 6.30. The molecular formula is C17H18ClN5O. The minimum Gasteiger partial charge on any atom is -0.322 e. The monoisotopic (exact) mass is 343 g/mol. The maximum Gasteiger partial charge on any atom is 0.249 e. The van der Waals surface area contributed by atoms with Gasteiger partial charge in [-0.25, -0.2) is 0 Å². The number of aryl methyl sites for hydroxylation is 1. The lowest BCUT2D eigenvalue weighted by Gasteiger charge is -2.11. The van der Waals surface area contributed by atoms with Gasteiger partial charge in [0.2, 0.25) is 5.91 Å². The average molecular weight is 344 g/mol. The van der Waals surface area contributed by atoms with Gasteiger partial charge in [0.1, 0.15) is 6.04 Å². The normalized spacial score (nSPS) is 12.1. The number of nitrogens with one attached hydrogen (secondary N) is 1. The van der Waals surface area contributed by atoms with E-state index in [1.54, 1.807) is 34.9 Å². The van der Waals surface area contributed by atoms with E-state index in [-0.39, 0.29) is 5.91 Å². The van der Waals surface area contributed by atoms with Gasteiger partial charge in [0.25, 0.3) is 0 Å². The summed E-state index contributed by atoms with van der Waals surface area (Å²) in [5.74, 6) is -0.135. The highest BCUT2D eigenvalue weighted by Gasteiger charge is 2.16. The molecule has 2 aromatic heterocycles. The molecule has 0 aliphatic heterocycles. The van der Waals surface area contributed by atoms with Crippen LogP contribution in [0.25, 0.3) is 0 Å². The van der Waals surface area contributed by atoms with Crippen molar-refractivity contribution in [3.63, 3.8) is 0 Å². The van der Waals surface area contributed by atoms with Gasteiger partial charge < -0.3 is 5.32 Å². The quantitative estimate of drug-likeness (QED) is 0.773. The molecule has 1 atom stereocenters. The molecule has 1 unspecified atom stereocenters. The van der Waals surface area contributed by atoms with Crippen LogP contribution in [0.2, 0.25) is 5.02 Å². The topological polar surface area (TPSA) is 64.7 Å². The molecule has 6 nitrogen and oxygen atoms in total. The number of amides is 1. The van der Waals surface area contributed by atoms with E-state index in [0.717, 1.165) is 11.3 Å². The summed E-state index contributed by atoms with van der Waals surface area (Å²) in [6, 6.07) is 9.06. The fourth-order valence-corrected chi connectivity index (χ4v) is 2.43. The van der Waals surface area contributed by atoms with Gasteiger partial charge in [0.05, 0.1) is 24.1 Å². The van der Waals surface area contributed by atoms with E-state index in [0.29, 0.717) is 17.3 Å². The minimum atomic E-state index is -0.390. The molecule has 1 aromatic carbocycles. The van der Waals surface area contributed by atoms with Gasteiger partial charge in [0, 0.05) is 17.4 Å². The van der Waals surface area contributed by atoms with Crippen LogP contribution in [-0.4, -0.2) is 25.5 Å². The molecule has 0 fully saturated rings. The molecule has 0 saturated heterocycles. The van der Waals surface area contributed by atoms with E-state index in [1.165, 1.54) is 0 Å². The Morgan fingerprint density at radius 3 is 2.71 bits per heavy atom. The first-order chi connectivity index (χ1) is 11.5. The number of hydrogen-bond donors (Lipinski definition) is 1. The number of carbonyl (C=O) groups excluding carboxylic acids is 1. The summed E-state index contributed by atoms with van der Waals surface area (Å²) < 4.78 is 3.41. The second kappa shape index (κ2) is 6.88. The van der Waals surface area contributed by atoms with Crippen molar-refractivity contribution in [1.82, 2.24) is 19.6 Å². The summed E-state index contributed by atoms with van der Waals surface area (Å²) in [4.78, 5) is 12.3. The smallest absolute Gasteiger partial charge is 0.249 e. The van der Waals surface area contributed by atoms with Crippen LogP contribution in [0.3, 0.4) is 0 Å². The Morgan fingerprint density at radius 2 is 2.04 bits per heavy atom. The van der Waals surface area contributed by atoms with Gasteiger partial charge in [-0.15, -0.1) is 0 Å². The lowest BCUT2D eigenvalue weighted by atomic mass is 10.2. The van der Waals surface area contributed by atoms with E-state index in [4.69, 9.17) is 11.6 Å². The van der Waals surface area contributed by atoms with Gasteiger partial charge in [-0.2, -0.15) is 10.2 Å². The zero-order valence-electron chi connectivity index (χ0n) is 13.5. The Hall–Kier alpha value is -2.60. The van der Waals surface area contributed by atoms with E-state index in [1.807, 2.05) is 37.3 Å². The first kappa shape index (κ1) is 16.3. The molecule has 0 spiro atoms. The average Bonchev–Trinajstić information content (AvgIpc) is 3.18. The second-order valence-electron chi connectivity index (χ2n) is 5.66. The van der Waals surface area contributed by atoms with E-state index >= 15 is 0 Å². The van der Waals surface area contributed by atoms with Crippen molar-refractivity contribution in [2.75, 3.05) is 5.32 Å². The van der Waals surface area contributed by atoms with Gasteiger partial charge >= 0.3 is 0 Å². The zero-order valence-corrected chi connectivity index (χ0v) is 14.2. The number of anilines is 1. The second-order valence-corrected chi connectivity index (χ2v) is 6.09. The van der Waals surface area contributed by atoms with Crippen LogP contribution in [0, 0.1) is 6.92 Å². The lowest BCUT2D eigenvalue weighted by molar-refractivity contribution is -0.119. The van der Waals surface area contributed by atoms with Crippen LogP contribution < -0.4 is 5.32 Å². The summed E-state index contributed by atoms with van der Waals surface area (Å²) in [5.41, 5.74) is 2.62. The summed E-state index contributed by atoms with van der Waals surface area (Å²) in [6.45, 7) is 4.31. The van der Waals surface area contributed by atoms with Crippen LogP contribution in [0.15, 0.2) is 48.9 Å². The van der Waals surface area contributed by atoms with Crippen LogP contribution in [0.5, 0.6) is 0 Å². The Kier molecular flexibility index (Phi) is 4.66. The van der Waals surface area contributed by atoms with Crippen LogP contribution in [-0.2, 0) is 11.3 Å². The maximum absolute atomic E-state index is 12.3. The molecule has 1 N–H and O–H groups in total. The van der Waals surface area contributed by atoms with Crippen molar-refractivity contribution in [1.29, 1.82) is 0 Å². The predicted octanol–water partition coefficient (Wildman–Crippen LogP) is 3.29. The van der Waals surface area contributed by atoms with Gasteiger partial charge in [-0.1, -0.05) is 23.7 Å². The summed E-state index contributed by atoms with van der Waals surface area (Å²) in [7, 11) is 0. The lowest BCUT2D eigenvalue weighted by Crippen LogP contribution is -2.23. The SMILES string of the molecule is Cc1ccn(C(C)C(=O)Nc2cnn(Cc3ccc(Cl)cc3)c2)n1. The fraction of sp³-hybridized carbons (Fsp3) is 0.235. The van der Waals surface area contributed by atoms with Crippen molar-refractivity contribution in [3.05, 3.63) is 65.2 Å². The zero-order chi connectivity index (χ0) is 17.1. The molecule has 124 valence electrons.